The summed E-state index contributed by atoms with van der Waals surface area (Å²) in [4.78, 5) is 11.7. The Morgan fingerprint density at radius 1 is 1.37 bits per heavy atom. The Labute approximate surface area is 112 Å². The predicted molar refractivity (Wildman–Crippen MR) is 71.6 cm³/mol. The van der Waals surface area contributed by atoms with Gasteiger partial charge in [0, 0.05) is 5.56 Å². The Morgan fingerprint density at radius 2 is 2.16 bits per heavy atom. The van der Waals surface area contributed by atoms with Gasteiger partial charge in [-0.1, -0.05) is 12.5 Å². The fraction of sp³-hybridized carbons (Fsp3) is 0.533. The molecule has 0 saturated heterocycles. The fourth-order valence-electron chi connectivity index (χ4n) is 3.02. The second-order valence-corrected chi connectivity index (χ2v) is 5.32. The van der Waals surface area contributed by atoms with Crippen LogP contribution >= 0.6 is 0 Å². The van der Waals surface area contributed by atoms with E-state index < -0.39 is 0 Å². The molecular weight excluding hydrogens is 242 g/mol. The van der Waals surface area contributed by atoms with E-state index in [9.17, 15) is 4.79 Å². The lowest BCUT2D eigenvalue weighted by Crippen LogP contribution is -2.28. The molecule has 1 atom stereocenters. The van der Waals surface area contributed by atoms with E-state index in [-0.39, 0.29) is 11.8 Å². The molecule has 4 nitrogen and oxygen atoms in total. The number of ether oxygens (including phenoxy) is 2. The highest BCUT2D eigenvalue weighted by molar-refractivity contribution is 5.84. The molecule has 1 aliphatic heterocycles. The van der Waals surface area contributed by atoms with Gasteiger partial charge in [-0.05, 0) is 36.8 Å². The number of benzene rings is 1. The summed E-state index contributed by atoms with van der Waals surface area (Å²) in [6.07, 6.45) is 4.30. The van der Waals surface area contributed by atoms with E-state index in [0.29, 0.717) is 24.7 Å². The van der Waals surface area contributed by atoms with E-state index in [1.165, 1.54) is 24.8 Å². The molecule has 0 aromatic heterocycles. The van der Waals surface area contributed by atoms with Gasteiger partial charge in [0.1, 0.15) is 11.5 Å². The van der Waals surface area contributed by atoms with Crippen molar-refractivity contribution in [2.45, 2.75) is 37.5 Å². The number of nitrogens with two attached hydrogens (primary N) is 1. The first-order valence-electron chi connectivity index (χ1n) is 6.85. The number of hydrogen-bond donors (Lipinski definition) is 1. The summed E-state index contributed by atoms with van der Waals surface area (Å²) in [7, 11) is 1.62. The average Bonchev–Trinajstić information content (AvgIpc) is 2.36. The summed E-state index contributed by atoms with van der Waals surface area (Å²) < 4.78 is 11.2. The average molecular weight is 261 g/mol. The molecular formula is C15H19NO3. The molecule has 1 aromatic carbocycles. The van der Waals surface area contributed by atoms with Gasteiger partial charge in [-0.3, -0.25) is 4.79 Å². The first kappa shape index (κ1) is 12.3. The van der Waals surface area contributed by atoms with Crippen molar-refractivity contribution in [1.82, 2.24) is 0 Å². The minimum atomic E-state index is -0.298. The van der Waals surface area contributed by atoms with E-state index in [1.807, 2.05) is 6.07 Å². The van der Waals surface area contributed by atoms with Crippen LogP contribution in [0.4, 0.5) is 0 Å². The van der Waals surface area contributed by atoms with Crippen molar-refractivity contribution in [3.63, 3.8) is 0 Å². The first-order valence-corrected chi connectivity index (χ1v) is 6.85. The van der Waals surface area contributed by atoms with Gasteiger partial charge in [-0.15, -0.1) is 0 Å². The largest absolute Gasteiger partial charge is 0.496 e. The predicted octanol–water partition coefficient (Wildman–Crippen LogP) is 2.31. The Hall–Kier alpha value is -1.71. The van der Waals surface area contributed by atoms with Crippen LogP contribution in [0.15, 0.2) is 12.1 Å². The van der Waals surface area contributed by atoms with Crippen LogP contribution in [-0.4, -0.2) is 19.6 Å². The molecule has 1 saturated carbocycles. The fourth-order valence-corrected chi connectivity index (χ4v) is 3.02. The SMILES string of the molecule is COc1ccc(C2CCC2)c2c1C(C(N)=O)CCO2. The molecule has 0 spiro atoms. The molecule has 0 bridgehead atoms. The van der Waals surface area contributed by atoms with Gasteiger partial charge in [0.25, 0.3) is 0 Å². The second kappa shape index (κ2) is 4.76. The topological polar surface area (TPSA) is 61.5 Å². The number of rotatable bonds is 3. The van der Waals surface area contributed by atoms with E-state index >= 15 is 0 Å². The number of primary amides is 1. The molecule has 4 heteroatoms. The minimum Gasteiger partial charge on any atom is -0.496 e. The zero-order chi connectivity index (χ0) is 13.4. The lowest BCUT2D eigenvalue weighted by Gasteiger charge is -2.33. The third kappa shape index (κ3) is 1.95. The number of hydrogen-bond acceptors (Lipinski definition) is 3. The number of carbonyl (C=O) groups excluding carboxylic acids is 1. The molecule has 1 unspecified atom stereocenters. The highest BCUT2D eigenvalue weighted by atomic mass is 16.5. The lowest BCUT2D eigenvalue weighted by atomic mass is 9.77. The van der Waals surface area contributed by atoms with Crippen LogP contribution in [0, 0.1) is 0 Å². The smallest absolute Gasteiger partial charge is 0.225 e. The van der Waals surface area contributed by atoms with Crippen LogP contribution in [0.3, 0.4) is 0 Å². The zero-order valence-corrected chi connectivity index (χ0v) is 11.1. The van der Waals surface area contributed by atoms with Gasteiger partial charge in [0.15, 0.2) is 0 Å². The third-order valence-electron chi connectivity index (χ3n) is 4.30. The summed E-state index contributed by atoms with van der Waals surface area (Å²) in [6.45, 7) is 0.549. The van der Waals surface area contributed by atoms with Crippen molar-refractivity contribution in [2.24, 2.45) is 5.73 Å². The molecule has 2 aliphatic rings. The van der Waals surface area contributed by atoms with Crippen molar-refractivity contribution in [1.29, 1.82) is 0 Å². The standard InChI is InChI=1S/C15H19NO3/c1-18-12-6-5-10(9-3-2-4-9)14-13(12)11(15(16)17)7-8-19-14/h5-6,9,11H,2-4,7-8H2,1H3,(H2,16,17). The molecule has 1 aromatic rings. The Kier molecular flexibility index (Phi) is 3.09. The van der Waals surface area contributed by atoms with Crippen LogP contribution in [0.25, 0.3) is 0 Å². The molecule has 1 fully saturated rings. The normalized spacial score (nSPS) is 22.1. The van der Waals surface area contributed by atoms with E-state index in [1.54, 1.807) is 7.11 Å². The van der Waals surface area contributed by atoms with Crippen molar-refractivity contribution in [3.05, 3.63) is 23.3 Å². The van der Waals surface area contributed by atoms with Crippen LogP contribution < -0.4 is 15.2 Å². The molecule has 1 aliphatic carbocycles. The van der Waals surface area contributed by atoms with Gasteiger partial charge in [0.05, 0.1) is 19.6 Å². The molecule has 1 heterocycles. The quantitative estimate of drug-likeness (QED) is 0.908. The minimum absolute atomic E-state index is 0.293. The highest BCUT2D eigenvalue weighted by Gasteiger charge is 2.34. The Balaban J connectivity index is 2.12. The third-order valence-corrected chi connectivity index (χ3v) is 4.30. The van der Waals surface area contributed by atoms with Crippen molar-refractivity contribution in [3.8, 4) is 11.5 Å². The summed E-state index contributed by atoms with van der Waals surface area (Å²) in [6, 6.07) is 4.02. The summed E-state index contributed by atoms with van der Waals surface area (Å²) >= 11 is 0. The van der Waals surface area contributed by atoms with Gasteiger partial charge in [-0.2, -0.15) is 0 Å². The Bertz CT molecular complexity index is 508. The lowest BCUT2D eigenvalue weighted by molar-refractivity contribution is -0.120. The van der Waals surface area contributed by atoms with Crippen LogP contribution in [-0.2, 0) is 4.79 Å². The summed E-state index contributed by atoms with van der Waals surface area (Å²) in [5, 5.41) is 0. The summed E-state index contributed by atoms with van der Waals surface area (Å²) in [5.41, 5.74) is 7.60. The van der Waals surface area contributed by atoms with Crippen LogP contribution in [0.5, 0.6) is 11.5 Å². The van der Waals surface area contributed by atoms with E-state index in [0.717, 1.165) is 11.3 Å². The maximum absolute atomic E-state index is 11.7. The van der Waals surface area contributed by atoms with Gasteiger partial charge in [0.2, 0.25) is 5.91 Å². The van der Waals surface area contributed by atoms with E-state index in [2.05, 4.69) is 6.07 Å². The van der Waals surface area contributed by atoms with Crippen LogP contribution in [0.2, 0.25) is 0 Å². The monoisotopic (exact) mass is 261 g/mol. The summed E-state index contributed by atoms with van der Waals surface area (Å²) in [5.74, 6) is 1.53. The molecule has 2 N–H and O–H groups in total. The molecule has 3 rings (SSSR count). The Morgan fingerprint density at radius 3 is 2.74 bits per heavy atom. The van der Waals surface area contributed by atoms with Crippen molar-refractivity contribution in [2.75, 3.05) is 13.7 Å². The number of methoxy groups -OCH3 is 1. The van der Waals surface area contributed by atoms with E-state index in [4.69, 9.17) is 15.2 Å². The molecule has 19 heavy (non-hydrogen) atoms. The molecule has 0 radical (unpaired) electrons. The van der Waals surface area contributed by atoms with Crippen molar-refractivity contribution < 1.29 is 14.3 Å². The van der Waals surface area contributed by atoms with Crippen LogP contribution in [0.1, 0.15) is 48.6 Å². The molecule has 1 amide bonds. The highest BCUT2D eigenvalue weighted by Crippen LogP contribution is 2.48. The number of carbonyl (C=O) groups is 1. The zero-order valence-electron chi connectivity index (χ0n) is 11.1. The number of amides is 1. The van der Waals surface area contributed by atoms with Gasteiger partial charge in [-0.25, -0.2) is 0 Å². The maximum atomic E-state index is 11.7. The molecule has 102 valence electrons. The maximum Gasteiger partial charge on any atom is 0.225 e. The van der Waals surface area contributed by atoms with Gasteiger partial charge >= 0.3 is 0 Å². The van der Waals surface area contributed by atoms with Gasteiger partial charge < -0.3 is 15.2 Å². The van der Waals surface area contributed by atoms with Crippen molar-refractivity contribution >= 4 is 5.91 Å². The number of fused-ring (bicyclic) bond motifs is 1. The second-order valence-electron chi connectivity index (χ2n) is 5.32. The first-order chi connectivity index (χ1) is 9.22.